The number of nitrogens with two attached hydrogens (primary N) is 1. The minimum atomic E-state index is 0.0448. The molecule has 0 unspecified atom stereocenters. The molecule has 0 saturated heterocycles. The van der Waals surface area contributed by atoms with Crippen LogP contribution in [0, 0.1) is 0 Å². The lowest BCUT2D eigenvalue weighted by molar-refractivity contribution is 0.340. The SMILES string of the molecule is CCOc1ccc(N)cc1.CCOc1ccc(Nc2nc(Cl)nc(Cl)n2)cc1. The summed E-state index contributed by atoms with van der Waals surface area (Å²) in [4.78, 5) is 11.5. The van der Waals surface area contributed by atoms with Crippen LogP contribution in [0.15, 0.2) is 48.5 Å². The van der Waals surface area contributed by atoms with Crippen molar-refractivity contribution in [2.24, 2.45) is 0 Å². The molecule has 9 heteroatoms. The normalized spacial score (nSPS) is 9.86. The van der Waals surface area contributed by atoms with Crippen LogP contribution >= 0.6 is 23.2 Å². The van der Waals surface area contributed by atoms with E-state index in [4.69, 9.17) is 38.4 Å². The molecule has 0 amide bonds. The molecule has 0 fully saturated rings. The topological polar surface area (TPSA) is 95.2 Å². The lowest BCUT2D eigenvalue weighted by atomic mass is 10.3. The Morgan fingerprint density at radius 1 is 0.786 bits per heavy atom. The quantitative estimate of drug-likeness (QED) is 0.541. The Morgan fingerprint density at radius 2 is 1.25 bits per heavy atom. The second-order valence-electron chi connectivity index (χ2n) is 5.28. The number of ether oxygens (including phenoxy) is 2. The van der Waals surface area contributed by atoms with Gasteiger partial charge in [-0.3, -0.25) is 0 Å². The fraction of sp³-hybridized carbons (Fsp3) is 0.211. The Bertz CT molecular complexity index is 841. The number of hydrogen-bond donors (Lipinski definition) is 2. The average molecular weight is 422 g/mol. The first kappa shape index (κ1) is 21.5. The van der Waals surface area contributed by atoms with Gasteiger partial charge in [0.2, 0.25) is 16.5 Å². The zero-order valence-corrected chi connectivity index (χ0v) is 17.0. The molecule has 0 spiro atoms. The number of rotatable bonds is 6. The van der Waals surface area contributed by atoms with E-state index < -0.39 is 0 Å². The summed E-state index contributed by atoms with van der Waals surface area (Å²) in [6.45, 7) is 5.21. The van der Waals surface area contributed by atoms with Gasteiger partial charge in [0, 0.05) is 11.4 Å². The smallest absolute Gasteiger partial charge is 0.232 e. The van der Waals surface area contributed by atoms with Crippen molar-refractivity contribution >= 4 is 40.5 Å². The van der Waals surface area contributed by atoms with E-state index in [0.717, 1.165) is 22.9 Å². The monoisotopic (exact) mass is 421 g/mol. The van der Waals surface area contributed by atoms with Crippen LogP contribution in [0.4, 0.5) is 17.3 Å². The lowest BCUT2D eigenvalue weighted by Gasteiger charge is -2.06. The van der Waals surface area contributed by atoms with E-state index in [9.17, 15) is 0 Å². The zero-order valence-electron chi connectivity index (χ0n) is 15.5. The zero-order chi connectivity index (χ0) is 20.4. The third kappa shape index (κ3) is 7.46. The van der Waals surface area contributed by atoms with Gasteiger partial charge in [0.1, 0.15) is 11.5 Å². The van der Waals surface area contributed by atoms with Crippen molar-refractivity contribution in [2.75, 3.05) is 24.3 Å². The van der Waals surface area contributed by atoms with Crippen LogP contribution in [0.5, 0.6) is 11.5 Å². The van der Waals surface area contributed by atoms with E-state index in [2.05, 4.69) is 20.3 Å². The molecule has 0 aliphatic rings. The molecule has 28 heavy (non-hydrogen) atoms. The Morgan fingerprint density at radius 3 is 1.71 bits per heavy atom. The highest BCUT2D eigenvalue weighted by Crippen LogP contribution is 2.19. The summed E-state index contributed by atoms with van der Waals surface area (Å²) in [6.07, 6.45) is 0. The summed E-state index contributed by atoms with van der Waals surface area (Å²) >= 11 is 11.4. The van der Waals surface area contributed by atoms with E-state index in [1.165, 1.54) is 0 Å². The Kier molecular flexibility index (Phi) is 8.58. The first-order chi connectivity index (χ1) is 13.5. The van der Waals surface area contributed by atoms with Crippen molar-refractivity contribution < 1.29 is 9.47 Å². The Balaban J connectivity index is 0.000000237. The van der Waals surface area contributed by atoms with Gasteiger partial charge in [-0.15, -0.1) is 0 Å². The van der Waals surface area contributed by atoms with Gasteiger partial charge in [0.15, 0.2) is 0 Å². The highest BCUT2D eigenvalue weighted by Gasteiger charge is 2.03. The van der Waals surface area contributed by atoms with Crippen LogP contribution in [0.25, 0.3) is 0 Å². The minimum Gasteiger partial charge on any atom is -0.494 e. The van der Waals surface area contributed by atoms with Gasteiger partial charge in [-0.2, -0.15) is 15.0 Å². The van der Waals surface area contributed by atoms with Gasteiger partial charge in [0.05, 0.1) is 13.2 Å². The maximum Gasteiger partial charge on any atom is 0.232 e. The molecule has 1 heterocycles. The van der Waals surface area contributed by atoms with Gasteiger partial charge < -0.3 is 20.5 Å². The Labute approximate surface area is 173 Å². The molecule has 3 N–H and O–H groups in total. The number of nitrogens with one attached hydrogen (secondary N) is 1. The van der Waals surface area contributed by atoms with Crippen LogP contribution < -0.4 is 20.5 Å². The van der Waals surface area contributed by atoms with Crippen molar-refractivity contribution in [3.8, 4) is 11.5 Å². The highest BCUT2D eigenvalue weighted by atomic mass is 35.5. The summed E-state index contributed by atoms with van der Waals surface area (Å²) in [7, 11) is 0. The number of anilines is 3. The molecule has 0 radical (unpaired) electrons. The predicted molar refractivity (Wildman–Crippen MR) is 113 cm³/mol. The molecule has 0 atom stereocenters. The minimum absolute atomic E-state index is 0.0448. The fourth-order valence-electron chi connectivity index (χ4n) is 2.04. The number of halogens is 2. The van der Waals surface area contributed by atoms with Crippen LogP contribution in [0.1, 0.15) is 13.8 Å². The summed E-state index contributed by atoms with van der Waals surface area (Å²) in [5.74, 6) is 1.97. The van der Waals surface area contributed by atoms with Crippen molar-refractivity contribution in [2.45, 2.75) is 13.8 Å². The van der Waals surface area contributed by atoms with Crippen LogP contribution in [0.2, 0.25) is 10.6 Å². The van der Waals surface area contributed by atoms with Gasteiger partial charge in [-0.05, 0) is 85.6 Å². The molecule has 0 aliphatic carbocycles. The van der Waals surface area contributed by atoms with Crippen molar-refractivity contribution in [3.05, 3.63) is 59.1 Å². The number of nitrogens with zero attached hydrogens (tertiary/aromatic N) is 3. The van der Waals surface area contributed by atoms with Crippen molar-refractivity contribution in [3.63, 3.8) is 0 Å². The number of benzene rings is 2. The molecule has 0 bridgehead atoms. The second kappa shape index (κ2) is 11.2. The standard InChI is InChI=1S/C11H10Cl2N4O.C8H11NO/c1-2-18-8-5-3-7(4-6-8)14-11-16-9(12)15-10(13)17-11;1-2-10-8-5-3-7(9)4-6-8/h3-6H,2H2,1H3,(H,14,15,16,17);3-6H,2,9H2,1H3. The lowest BCUT2D eigenvalue weighted by Crippen LogP contribution is -1.99. The van der Waals surface area contributed by atoms with E-state index in [0.29, 0.717) is 19.2 Å². The van der Waals surface area contributed by atoms with Crippen molar-refractivity contribution in [1.29, 1.82) is 0 Å². The third-order valence-corrected chi connectivity index (χ3v) is 3.53. The van der Waals surface area contributed by atoms with Crippen LogP contribution in [-0.4, -0.2) is 28.2 Å². The largest absolute Gasteiger partial charge is 0.494 e. The third-order valence-electron chi connectivity index (χ3n) is 3.19. The van der Waals surface area contributed by atoms with Crippen molar-refractivity contribution in [1.82, 2.24) is 15.0 Å². The molecule has 3 aromatic rings. The number of aromatic nitrogens is 3. The average Bonchev–Trinajstić information content (AvgIpc) is 2.65. The molecular formula is C19H21Cl2N5O2. The maximum absolute atomic E-state index is 5.68. The summed E-state index contributed by atoms with van der Waals surface area (Å²) in [5.41, 5.74) is 7.04. The predicted octanol–water partition coefficient (Wildman–Crippen LogP) is 4.99. The second-order valence-corrected chi connectivity index (χ2v) is 5.96. The molecule has 0 aliphatic heterocycles. The van der Waals surface area contributed by atoms with Gasteiger partial charge in [-0.1, -0.05) is 0 Å². The highest BCUT2D eigenvalue weighted by molar-refractivity contribution is 6.31. The molecule has 1 aromatic heterocycles. The van der Waals surface area contributed by atoms with Gasteiger partial charge in [-0.25, -0.2) is 0 Å². The maximum atomic E-state index is 5.68. The molecule has 3 rings (SSSR count). The van der Waals surface area contributed by atoms with Crippen LogP contribution in [-0.2, 0) is 0 Å². The Hall–Kier alpha value is -2.77. The van der Waals surface area contributed by atoms with Gasteiger partial charge >= 0.3 is 0 Å². The van der Waals surface area contributed by atoms with Gasteiger partial charge in [0.25, 0.3) is 0 Å². The first-order valence-corrected chi connectivity index (χ1v) is 9.31. The summed E-state index contributed by atoms with van der Waals surface area (Å²) in [5, 5.41) is 3.06. The first-order valence-electron chi connectivity index (χ1n) is 8.55. The molecule has 0 saturated carbocycles. The number of nitrogen functional groups attached to an aromatic ring is 1. The summed E-state index contributed by atoms with van der Waals surface area (Å²) < 4.78 is 10.5. The summed E-state index contributed by atoms with van der Waals surface area (Å²) in [6, 6.07) is 14.7. The molecular weight excluding hydrogens is 401 g/mol. The van der Waals surface area contributed by atoms with E-state index in [1.807, 2.05) is 62.4 Å². The van der Waals surface area contributed by atoms with E-state index >= 15 is 0 Å². The fourth-order valence-corrected chi connectivity index (χ4v) is 2.41. The molecule has 148 valence electrons. The van der Waals surface area contributed by atoms with E-state index in [-0.39, 0.29) is 10.6 Å². The molecule has 7 nitrogen and oxygen atoms in total. The van der Waals surface area contributed by atoms with Crippen LogP contribution in [0.3, 0.4) is 0 Å². The number of hydrogen-bond acceptors (Lipinski definition) is 7. The molecule has 2 aromatic carbocycles. The van der Waals surface area contributed by atoms with E-state index in [1.54, 1.807) is 0 Å².